The quantitative estimate of drug-likeness (QED) is 0.360. The molecule has 0 spiro atoms. The smallest absolute Gasteiger partial charge is 0.269 e. The van der Waals surface area contributed by atoms with E-state index in [0.29, 0.717) is 28.9 Å². The second-order valence-corrected chi connectivity index (χ2v) is 9.15. The number of nitrogens with two attached hydrogens (primary N) is 1. The van der Waals surface area contributed by atoms with E-state index >= 15 is 0 Å². The summed E-state index contributed by atoms with van der Waals surface area (Å²) >= 11 is 0. The average Bonchev–Trinajstić information content (AvgIpc) is 2.93. The number of rotatable bonds is 7. The number of carbonyl (C=O) groups is 2. The van der Waals surface area contributed by atoms with Crippen molar-refractivity contribution in [1.82, 2.24) is 4.90 Å². The van der Waals surface area contributed by atoms with Crippen LogP contribution in [0.2, 0.25) is 0 Å². The second-order valence-electron chi connectivity index (χ2n) is 9.15. The maximum Gasteiger partial charge on any atom is 0.269 e. The number of carbonyl (C=O) groups excluding carboxylic acids is 2. The molecule has 9 heteroatoms. The number of benzene rings is 3. The van der Waals surface area contributed by atoms with Gasteiger partial charge in [0.2, 0.25) is 0 Å². The standard InChI is InChI=1S/C28H27N5O4/c29-17-19-1-5-22(6-2-19)28(35)32(25-15-9-23(30)10-16-25)18-20-3-11-24(12-4-20)31-27(34)21-7-13-26(14-8-21)33(36)37/h1-8,11-14,23,25H,9-10,15-16,18,30H2,(H,31,34). The Hall–Kier alpha value is -4.55. The van der Waals surface area contributed by atoms with Gasteiger partial charge >= 0.3 is 0 Å². The van der Waals surface area contributed by atoms with E-state index in [1.54, 1.807) is 36.4 Å². The summed E-state index contributed by atoms with van der Waals surface area (Å²) in [7, 11) is 0. The lowest BCUT2D eigenvalue weighted by atomic mass is 9.90. The highest BCUT2D eigenvalue weighted by atomic mass is 16.6. The monoisotopic (exact) mass is 497 g/mol. The fourth-order valence-corrected chi connectivity index (χ4v) is 4.46. The summed E-state index contributed by atoms with van der Waals surface area (Å²) in [5.41, 5.74) is 8.82. The van der Waals surface area contributed by atoms with Crippen LogP contribution in [-0.4, -0.2) is 33.7 Å². The van der Waals surface area contributed by atoms with Gasteiger partial charge in [-0.25, -0.2) is 0 Å². The molecule has 37 heavy (non-hydrogen) atoms. The van der Waals surface area contributed by atoms with Crippen molar-refractivity contribution in [2.75, 3.05) is 5.32 Å². The molecular formula is C28H27N5O4. The van der Waals surface area contributed by atoms with Crippen LogP contribution in [0.25, 0.3) is 0 Å². The summed E-state index contributed by atoms with van der Waals surface area (Å²) in [6, 6.07) is 21.6. The minimum absolute atomic E-state index is 0.0597. The first-order valence-corrected chi connectivity index (χ1v) is 12.1. The van der Waals surface area contributed by atoms with Crippen molar-refractivity contribution in [3.05, 3.63) is 105 Å². The SMILES string of the molecule is N#Cc1ccc(C(=O)N(Cc2ccc(NC(=O)c3ccc([N+](=O)[O-])cc3)cc2)C2CCC(N)CC2)cc1. The molecule has 1 aliphatic carbocycles. The molecule has 1 saturated carbocycles. The van der Waals surface area contributed by atoms with E-state index in [1.807, 2.05) is 17.0 Å². The maximum absolute atomic E-state index is 13.5. The van der Waals surface area contributed by atoms with Crippen LogP contribution < -0.4 is 11.1 Å². The van der Waals surface area contributed by atoms with Crippen LogP contribution in [-0.2, 0) is 6.54 Å². The molecule has 0 saturated heterocycles. The normalized spacial score (nSPS) is 16.9. The molecule has 1 fully saturated rings. The lowest BCUT2D eigenvalue weighted by Gasteiger charge is -2.36. The van der Waals surface area contributed by atoms with Crippen LogP contribution in [0.15, 0.2) is 72.8 Å². The van der Waals surface area contributed by atoms with Crippen LogP contribution in [0.1, 0.15) is 57.5 Å². The van der Waals surface area contributed by atoms with Gasteiger partial charge in [-0.05, 0) is 79.8 Å². The van der Waals surface area contributed by atoms with E-state index < -0.39 is 4.92 Å². The molecule has 3 N–H and O–H groups in total. The third kappa shape index (κ3) is 6.37. The Morgan fingerprint density at radius 3 is 2.11 bits per heavy atom. The Morgan fingerprint density at radius 1 is 0.946 bits per heavy atom. The Kier molecular flexibility index (Phi) is 7.91. The number of nitro benzene ring substituents is 1. The zero-order valence-corrected chi connectivity index (χ0v) is 20.2. The molecule has 0 aromatic heterocycles. The Morgan fingerprint density at radius 2 is 1.54 bits per heavy atom. The molecule has 0 radical (unpaired) electrons. The van der Waals surface area contributed by atoms with Crippen molar-refractivity contribution in [2.45, 2.75) is 44.3 Å². The van der Waals surface area contributed by atoms with Gasteiger partial charge in [0.05, 0.1) is 16.6 Å². The minimum Gasteiger partial charge on any atom is -0.331 e. The van der Waals surface area contributed by atoms with Crippen LogP contribution in [0.5, 0.6) is 0 Å². The van der Waals surface area contributed by atoms with E-state index in [9.17, 15) is 19.7 Å². The van der Waals surface area contributed by atoms with Crippen molar-refractivity contribution < 1.29 is 14.5 Å². The first-order valence-electron chi connectivity index (χ1n) is 12.1. The average molecular weight is 498 g/mol. The first kappa shape index (κ1) is 25.5. The van der Waals surface area contributed by atoms with Gasteiger partial charge in [0.1, 0.15) is 0 Å². The summed E-state index contributed by atoms with van der Waals surface area (Å²) in [6.45, 7) is 0.398. The molecule has 2 amide bonds. The van der Waals surface area contributed by atoms with E-state index in [1.165, 1.54) is 24.3 Å². The lowest BCUT2D eigenvalue weighted by molar-refractivity contribution is -0.384. The first-order chi connectivity index (χ1) is 17.8. The number of hydrogen-bond donors (Lipinski definition) is 2. The van der Waals surface area contributed by atoms with Gasteiger partial charge in [-0.2, -0.15) is 5.26 Å². The Labute approximate surface area is 214 Å². The number of anilines is 1. The molecule has 4 rings (SSSR count). The predicted molar refractivity (Wildman–Crippen MR) is 139 cm³/mol. The van der Waals surface area contributed by atoms with Gasteiger partial charge in [-0.3, -0.25) is 19.7 Å². The van der Waals surface area contributed by atoms with Crippen molar-refractivity contribution in [2.24, 2.45) is 5.73 Å². The van der Waals surface area contributed by atoms with Crippen molar-refractivity contribution in [1.29, 1.82) is 5.26 Å². The number of nitriles is 1. The molecule has 3 aromatic carbocycles. The molecule has 1 aliphatic rings. The molecule has 3 aromatic rings. The largest absolute Gasteiger partial charge is 0.331 e. The zero-order valence-electron chi connectivity index (χ0n) is 20.2. The summed E-state index contributed by atoms with van der Waals surface area (Å²) in [5, 5.41) is 22.7. The molecule has 9 nitrogen and oxygen atoms in total. The number of nitrogens with one attached hydrogen (secondary N) is 1. The van der Waals surface area contributed by atoms with Crippen LogP contribution in [0, 0.1) is 21.4 Å². The number of nitrogens with zero attached hydrogens (tertiary/aromatic N) is 3. The predicted octanol–water partition coefficient (Wildman–Crippen LogP) is 4.63. The molecule has 188 valence electrons. The third-order valence-corrected chi connectivity index (χ3v) is 6.61. The van der Waals surface area contributed by atoms with E-state index in [2.05, 4.69) is 11.4 Å². The van der Waals surface area contributed by atoms with Crippen molar-refractivity contribution in [3.63, 3.8) is 0 Å². The highest BCUT2D eigenvalue weighted by Crippen LogP contribution is 2.26. The molecular weight excluding hydrogens is 470 g/mol. The van der Waals surface area contributed by atoms with E-state index in [0.717, 1.165) is 31.2 Å². The number of nitro groups is 1. The number of hydrogen-bond acceptors (Lipinski definition) is 6. The lowest BCUT2D eigenvalue weighted by Crippen LogP contribution is -2.43. The van der Waals surface area contributed by atoms with Gasteiger partial charge in [0, 0.05) is 47.6 Å². The molecule has 0 heterocycles. The summed E-state index contributed by atoms with van der Waals surface area (Å²) < 4.78 is 0. The van der Waals surface area contributed by atoms with Crippen molar-refractivity contribution in [3.8, 4) is 6.07 Å². The molecule has 0 bridgehead atoms. The van der Waals surface area contributed by atoms with E-state index in [4.69, 9.17) is 11.0 Å². The Balaban J connectivity index is 1.47. The third-order valence-electron chi connectivity index (χ3n) is 6.61. The summed E-state index contributed by atoms with van der Waals surface area (Å²) in [5.74, 6) is -0.473. The Bertz CT molecular complexity index is 1310. The minimum atomic E-state index is -0.516. The number of non-ortho nitro benzene ring substituents is 1. The fourth-order valence-electron chi connectivity index (χ4n) is 4.46. The maximum atomic E-state index is 13.5. The fraction of sp³-hybridized carbons (Fsp3) is 0.250. The highest BCUT2D eigenvalue weighted by Gasteiger charge is 2.28. The van der Waals surface area contributed by atoms with Crippen molar-refractivity contribution >= 4 is 23.2 Å². The van der Waals surface area contributed by atoms with Gasteiger partial charge in [0.15, 0.2) is 0 Å². The van der Waals surface area contributed by atoms with Crippen LogP contribution in [0.3, 0.4) is 0 Å². The molecule has 0 atom stereocenters. The van der Waals surface area contributed by atoms with Gasteiger partial charge in [0.25, 0.3) is 17.5 Å². The zero-order chi connectivity index (χ0) is 26.4. The van der Waals surface area contributed by atoms with Gasteiger partial charge in [-0.15, -0.1) is 0 Å². The summed E-state index contributed by atoms with van der Waals surface area (Å²) in [4.78, 5) is 38.2. The topological polar surface area (TPSA) is 142 Å². The van der Waals surface area contributed by atoms with Gasteiger partial charge < -0.3 is 16.0 Å². The van der Waals surface area contributed by atoms with Gasteiger partial charge in [-0.1, -0.05) is 12.1 Å². The summed E-state index contributed by atoms with van der Waals surface area (Å²) in [6.07, 6.45) is 3.37. The number of amides is 2. The second kappa shape index (κ2) is 11.5. The van der Waals surface area contributed by atoms with Crippen LogP contribution in [0.4, 0.5) is 11.4 Å². The molecule has 0 unspecified atom stereocenters. The van der Waals surface area contributed by atoms with Crippen LogP contribution >= 0.6 is 0 Å². The van der Waals surface area contributed by atoms with E-state index in [-0.39, 0.29) is 29.6 Å². The molecule has 0 aliphatic heterocycles. The highest BCUT2D eigenvalue weighted by molar-refractivity contribution is 6.04.